The van der Waals surface area contributed by atoms with Gasteiger partial charge in [0.1, 0.15) is 0 Å². The molecule has 4 nitrogen and oxygen atoms in total. The van der Waals surface area contributed by atoms with Gasteiger partial charge in [0.2, 0.25) is 5.89 Å². The van der Waals surface area contributed by atoms with Gasteiger partial charge in [-0.1, -0.05) is 0 Å². The highest BCUT2D eigenvalue weighted by Gasteiger charge is 2.30. The molecule has 1 saturated carbocycles. The van der Waals surface area contributed by atoms with E-state index in [2.05, 4.69) is 10.2 Å². The Bertz CT molecular complexity index is 341. The minimum absolute atomic E-state index is 0.362. The second-order valence-corrected chi connectivity index (χ2v) is 4.00. The molecule has 1 aliphatic carbocycles. The van der Waals surface area contributed by atoms with Crippen molar-refractivity contribution in [1.29, 1.82) is 0 Å². The second kappa shape index (κ2) is 4.23. The molecule has 1 fully saturated rings. The van der Waals surface area contributed by atoms with Gasteiger partial charge in [-0.15, -0.1) is 5.10 Å². The summed E-state index contributed by atoms with van der Waals surface area (Å²) < 4.78 is 10.7. The highest BCUT2D eigenvalue weighted by atomic mass is 32.1. The molecule has 0 saturated heterocycles. The van der Waals surface area contributed by atoms with E-state index in [9.17, 15) is 0 Å². The number of aromatic amines is 1. The number of hydrogen-bond acceptors (Lipinski definition) is 4. The van der Waals surface area contributed by atoms with Gasteiger partial charge in [0.15, 0.2) is 0 Å². The van der Waals surface area contributed by atoms with E-state index in [1.165, 1.54) is 0 Å². The van der Waals surface area contributed by atoms with Crippen LogP contribution in [0.1, 0.15) is 25.7 Å². The van der Waals surface area contributed by atoms with Crippen molar-refractivity contribution in [3.05, 3.63) is 10.7 Å². The number of rotatable bonds is 4. The lowest BCUT2D eigenvalue weighted by Crippen LogP contribution is -2.32. The van der Waals surface area contributed by atoms with Gasteiger partial charge in [-0.3, -0.25) is 0 Å². The van der Waals surface area contributed by atoms with E-state index in [0.29, 0.717) is 16.9 Å². The molecule has 1 aromatic heterocycles. The van der Waals surface area contributed by atoms with Gasteiger partial charge >= 0.3 is 0 Å². The van der Waals surface area contributed by atoms with Gasteiger partial charge in [0, 0.05) is 13.0 Å². The Labute approximate surface area is 87.7 Å². The first-order chi connectivity index (χ1) is 6.78. The average molecular weight is 214 g/mol. The molecule has 14 heavy (non-hydrogen) atoms. The van der Waals surface area contributed by atoms with Crippen molar-refractivity contribution in [2.24, 2.45) is 5.92 Å². The van der Waals surface area contributed by atoms with Gasteiger partial charge in [-0.25, -0.2) is 5.10 Å². The van der Waals surface area contributed by atoms with Gasteiger partial charge in [-0.05, 0) is 37.9 Å². The van der Waals surface area contributed by atoms with Crippen LogP contribution >= 0.6 is 12.2 Å². The minimum Gasteiger partial charge on any atom is -0.414 e. The van der Waals surface area contributed by atoms with Crippen LogP contribution in [0.5, 0.6) is 0 Å². The third-order valence-corrected chi connectivity index (χ3v) is 2.72. The fourth-order valence-electron chi connectivity index (χ4n) is 1.81. The lowest BCUT2D eigenvalue weighted by molar-refractivity contribution is -0.0255. The predicted molar refractivity (Wildman–Crippen MR) is 53.5 cm³/mol. The van der Waals surface area contributed by atoms with Crippen LogP contribution in [-0.2, 0) is 11.2 Å². The van der Waals surface area contributed by atoms with Crippen LogP contribution in [0.3, 0.4) is 0 Å². The summed E-state index contributed by atoms with van der Waals surface area (Å²) in [6.45, 7) is 2.83. The molecule has 0 bridgehead atoms. The Morgan fingerprint density at radius 3 is 3.00 bits per heavy atom. The van der Waals surface area contributed by atoms with E-state index in [-0.39, 0.29) is 0 Å². The summed E-state index contributed by atoms with van der Waals surface area (Å²) in [4.78, 5) is 0.362. The summed E-state index contributed by atoms with van der Waals surface area (Å²) in [6, 6.07) is 0. The SMILES string of the molecule is CCOC1CC(Cc2n[nH]c(=S)o2)C1. The number of ether oxygens (including phenoxy) is 1. The zero-order chi connectivity index (χ0) is 9.97. The maximum absolute atomic E-state index is 5.47. The van der Waals surface area contributed by atoms with Crippen molar-refractivity contribution in [3.8, 4) is 0 Å². The topological polar surface area (TPSA) is 51.0 Å². The number of nitrogens with one attached hydrogen (secondary N) is 1. The Hall–Kier alpha value is -0.680. The molecule has 78 valence electrons. The van der Waals surface area contributed by atoms with Crippen LogP contribution < -0.4 is 0 Å². The number of hydrogen-bond donors (Lipinski definition) is 1. The van der Waals surface area contributed by atoms with Crippen LogP contribution in [0.2, 0.25) is 0 Å². The fraction of sp³-hybridized carbons (Fsp3) is 0.778. The van der Waals surface area contributed by atoms with Crippen molar-refractivity contribution in [1.82, 2.24) is 10.2 Å². The zero-order valence-corrected chi connectivity index (χ0v) is 8.97. The highest BCUT2D eigenvalue weighted by molar-refractivity contribution is 7.71. The second-order valence-electron chi connectivity index (χ2n) is 3.63. The molecule has 1 aliphatic rings. The summed E-state index contributed by atoms with van der Waals surface area (Å²) in [6.07, 6.45) is 3.55. The molecule has 5 heteroatoms. The molecule has 2 rings (SSSR count). The molecule has 0 amide bonds. The molecule has 1 aromatic rings. The summed E-state index contributed by atoms with van der Waals surface area (Å²) >= 11 is 4.80. The minimum atomic E-state index is 0.362. The normalized spacial score (nSPS) is 26.1. The van der Waals surface area contributed by atoms with E-state index >= 15 is 0 Å². The van der Waals surface area contributed by atoms with Crippen molar-refractivity contribution >= 4 is 12.2 Å². The predicted octanol–water partition coefficient (Wildman–Crippen LogP) is 2.09. The molecule has 0 aromatic carbocycles. The molecular formula is C9H14N2O2S. The third-order valence-electron chi connectivity index (χ3n) is 2.54. The lowest BCUT2D eigenvalue weighted by atomic mass is 9.80. The van der Waals surface area contributed by atoms with Crippen LogP contribution in [0, 0.1) is 10.8 Å². The van der Waals surface area contributed by atoms with Crippen LogP contribution in [0.4, 0.5) is 0 Å². The van der Waals surface area contributed by atoms with Crippen LogP contribution in [0.15, 0.2) is 4.42 Å². The van der Waals surface area contributed by atoms with Gasteiger partial charge in [0.05, 0.1) is 6.10 Å². The molecule has 1 heterocycles. The van der Waals surface area contributed by atoms with Crippen LogP contribution in [-0.4, -0.2) is 22.9 Å². The number of nitrogens with zero attached hydrogens (tertiary/aromatic N) is 1. The quantitative estimate of drug-likeness (QED) is 0.780. The molecule has 0 aliphatic heterocycles. The van der Waals surface area contributed by atoms with Gasteiger partial charge < -0.3 is 9.15 Å². The summed E-state index contributed by atoms with van der Waals surface area (Å²) in [5.74, 6) is 1.36. The third kappa shape index (κ3) is 2.22. The monoisotopic (exact) mass is 214 g/mol. The first kappa shape index (κ1) is 9.86. The maximum atomic E-state index is 5.47. The zero-order valence-electron chi connectivity index (χ0n) is 8.16. The first-order valence-corrected chi connectivity index (χ1v) is 5.34. The van der Waals surface area contributed by atoms with Crippen molar-refractivity contribution in [3.63, 3.8) is 0 Å². The number of aromatic nitrogens is 2. The molecule has 0 atom stereocenters. The van der Waals surface area contributed by atoms with E-state index in [1.807, 2.05) is 6.92 Å². The van der Waals surface area contributed by atoms with Gasteiger partial charge in [-0.2, -0.15) is 0 Å². The van der Waals surface area contributed by atoms with E-state index in [0.717, 1.165) is 31.8 Å². The summed E-state index contributed by atoms with van der Waals surface area (Å²) in [7, 11) is 0. The molecular weight excluding hydrogens is 200 g/mol. The molecule has 0 spiro atoms. The smallest absolute Gasteiger partial charge is 0.284 e. The van der Waals surface area contributed by atoms with Crippen molar-refractivity contribution in [2.75, 3.05) is 6.61 Å². The van der Waals surface area contributed by atoms with E-state index in [1.54, 1.807) is 0 Å². The standard InChI is InChI=1S/C9H14N2O2S/c1-2-12-7-3-6(4-7)5-8-10-11-9(14)13-8/h6-7H,2-5H2,1H3,(H,11,14). The Balaban J connectivity index is 1.76. The molecule has 1 N–H and O–H groups in total. The van der Waals surface area contributed by atoms with Gasteiger partial charge in [0.25, 0.3) is 4.84 Å². The lowest BCUT2D eigenvalue weighted by Gasteiger charge is -2.33. The summed E-state index contributed by atoms with van der Waals surface area (Å²) in [5.41, 5.74) is 0. The van der Waals surface area contributed by atoms with Crippen molar-refractivity contribution in [2.45, 2.75) is 32.3 Å². The average Bonchev–Trinajstić information content (AvgIpc) is 2.48. The van der Waals surface area contributed by atoms with E-state index < -0.39 is 0 Å². The summed E-state index contributed by atoms with van der Waals surface area (Å²) in [5, 5.41) is 6.60. The van der Waals surface area contributed by atoms with Crippen molar-refractivity contribution < 1.29 is 9.15 Å². The van der Waals surface area contributed by atoms with E-state index in [4.69, 9.17) is 21.4 Å². The Kier molecular flexibility index (Phi) is 2.98. The Morgan fingerprint density at radius 2 is 2.43 bits per heavy atom. The van der Waals surface area contributed by atoms with Crippen LogP contribution in [0.25, 0.3) is 0 Å². The maximum Gasteiger partial charge on any atom is 0.284 e. The Morgan fingerprint density at radius 1 is 1.64 bits per heavy atom. The molecule has 0 unspecified atom stereocenters. The number of H-pyrrole nitrogens is 1. The highest BCUT2D eigenvalue weighted by Crippen LogP contribution is 2.32. The first-order valence-electron chi connectivity index (χ1n) is 4.94. The largest absolute Gasteiger partial charge is 0.414 e. The fourth-order valence-corrected chi connectivity index (χ4v) is 1.95. The molecule has 0 radical (unpaired) electrons.